The minimum absolute atomic E-state index is 0.00459. The summed E-state index contributed by atoms with van der Waals surface area (Å²) in [6.45, 7) is 1.96. The predicted octanol–water partition coefficient (Wildman–Crippen LogP) is 0.559. The minimum atomic E-state index is -3.04. The Hall–Kier alpha value is -1.35. The summed E-state index contributed by atoms with van der Waals surface area (Å²) in [4.78, 5) is 18.7. The van der Waals surface area contributed by atoms with Gasteiger partial charge < -0.3 is 16.0 Å². The fourth-order valence-corrected chi connectivity index (χ4v) is 4.85. The number of sulfone groups is 1. The molecule has 1 aliphatic carbocycles. The number of aromatic nitrogens is 1. The van der Waals surface area contributed by atoms with E-state index in [1.807, 2.05) is 0 Å². The van der Waals surface area contributed by atoms with Crippen LogP contribution in [0.1, 0.15) is 29.4 Å². The third kappa shape index (κ3) is 3.13. The normalized spacial score (nSPS) is 24.8. The van der Waals surface area contributed by atoms with Crippen LogP contribution in [0.3, 0.4) is 0 Å². The van der Waals surface area contributed by atoms with Gasteiger partial charge in [0.2, 0.25) is 0 Å². The molecule has 0 bridgehead atoms. The highest BCUT2D eigenvalue weighted by Crippen LogP contribution is 2.31. The van der Waals surface area contributed by atoms with E-state index in [0.717, 1.165) is 12.8 Å². The van der Waals surface area contributed by atoms with E-state index in [2.05, 4.69) is 10.3 Å². The van der Waals surface area contributed by atoms with Crippen molar-refractivity contribution in [2.45, 2.75) is 31.8 Å². The van der Waals surface area contributed by atoms with E-state index in [9.17, 15) is 13.2 Å². The molecular formula is C12H18N4O3S2. The molecule has 7 nitrogen and oxygen atoms in total. The van der Waals surface area contributed by atoms with Crippen molar-refractivity contribution in [1.29, 1.82) is 0 Å². The number of anilines is 2. The second kappa shape index (κ2) is 5.13. The van der Waals surface area contributed by atoms with Crippen LogP contribution < -0.4 is 11.1 Å². The molecule has 1 aromatic rings. The Kier molecular flexibility index (Phi) is 3.56. The SMILES string of the molecule is CC1CS(=O)(=O)CCN1C(=O)c1sc(NC2CC2)nc1N. The average molecular weight is 330 g/mol. The van der Waals surface area contributed by atoms with Crippen LogP contribution in [0.2, 0.25) is 0 Å². The third-order valence-electron chi connectivity index (χ3n) is 3.68. The summed E-state index contributed by atoms with van der Waals surface area (Å²) in [5.74, 6) is 0.00426. The second-order valence-corrected chi connectivity index (χ2v) is 8.84. The molecule has 1 saturated carbocycles. The van der Waals surface area contributed by atoms with E-state index >= 15 is 0 Å². The molecule has 0 spiro atoms. The molecule has 116 valence electrons. The van der Waals surface area contributed by atoms with Gasteiger partial charge in [0.25, 0.3) is 5.91 Å². The summed E-state index contributed by atoms with van der Waals surface area (Å²) in [5.41, 5.74) is 5.84. The van der Waals surface area contributed by atoms with Gasteiger partial charge in [-0.3, -0.25) is 4.79 Å². The average Bonchev–Trinajstić information content (AvgIpc) is 3.10. The van der Waals surface area contributed by atoms with Gasteiger partial charge in [-0.25, -0.2) is 13.4 Å². The number of nitrogen functional groups attached to an aromatic ring is 1. The molecule has 3 N–H and O–H groups in total. The predicted molar refractivity (Wildman–Crippen MR) is 82.3 cm³/mol. The van der Waals surface area contributed by atoms with E-state index in [-0.39, 0.29) is 35.8 Å². The van der Waals surface area contributed by atoms with E-state index in [1.54, 1.807) is 11.8 Å². The Balaban J connectivity index is 1.76. The highest BCUT2D eigenvalue weighted by atomic mass is 32.2. The van der Waals surface area contributed by atoms with E-state index in [0.29, 0.717) is 16.1 Å². The lowest BCUT2D eigenvalue weighted by molar-refractivity contribution is 0.0718. The Morgan fingerprint density at radius 2 is 2.19 bits per heavy atom. The number of carbonyl (C=O) groups excluding carboxylic acids is 1. The molecule has 0 radical (unpaired) electrons. The van der Waals surface area contributed by atoms with Crippen molar-refractivity contribution in [3.05, 3.63) is 4.88 Å². The number of carbonyl (C=O) groups is 1. The quantitative estimate of drug-likeness (QED) is 0.839. The zero-order valence-electron chi connectivity index (χ0n) is 11.7. The molecule has 1 amide bonds. The Labute approximate surface area is 127 Å². The maximum atomic E-state index is 12.6. The van der Waals surface area contributed by atoms with Crippen LogP contribution in [0.25, 0.3) is 0 Å². The van der Waals surface area contributed by atoms with Crippen molar-refractivity contribution < 1.29 is 13.2 Å². The standard InChI is InChI=1S/C12H18N4O3S2/c1-7-6-21(18,19)5-4-16(7)11(17)9-10(13)15-12(20-9)14-8-2-3-8/h7-8H,2-6,13H2,1H3,(H,14,15). The van der Waals surface area contributed by atoms with Crippen LogP contribution in [-0.4, -0.2) is 54.3 Å². The first-order chi connectivity index (χ1) is 9.85. The number of hydrogen-bond acceptors (Lipinski definition) is 7. The van der Waals surface area contributed by atoms with Gasteiger partial charge in [0.1, 0.15) is 10.7 Å². The smallest absolute Gasteiger partial charge is 0.268 e. The molecule has 1 unspecified atom stereocenters. The number of amides is 1. The Bertz CT molecular complexity index is 666. The molecule has 2 fully saturated rings. The lowest BCUT2D eigenvalue weighted by Gasteiger charge is -2.32. The summed E-state index contributed by atoms with van der Waals surface area (Å²) in [5, 5.41) is 3.88. The summed E-state index contributed by atoms with van der Waals surface area (Å²) in [6, 6.07) is 0.107. The minimum Gasteiger partial charge on any atom is -0.382 e. The first-order valence-corrected chi connectivity index (χ1v) is 9.54. The van der Waals surface area contributed by atoms with E-state index in [1.165, 1.54) is 11.3 Å². The second-order valence-electron chi connectivity index (χ2n) is 5.61. The van der Waals surface area contributed by atoms with Crippen molar-refractivity contribution in [3.63, 3.8) is 0 Å². The summed E-state index contributed by atoms with van der Waals surface area (Å²) in [6.07, 6.45) is 2.23. The topological polar surface area (TPSA) is 105 Å². The van der Waals surface area contributed by atoms with E-state index in [4.69, 9.17) is 5.73 Å². The molecule has 1 atom stereocenters. The summed E-state index contributed by atoms with van der Waals surface area (Å²) in [7, 11) is -3.04. The number of hydrogen-bond donors (Lipinski definition) is 2. The van der Waals surface area contributed by atoms with Gasteiger partial charge in [0.05, 0.1) is 11.5 Å². The van der Waals surface area contributed by atoms with Crippen LogP contribution >= 0.6 is 11.3 Å². The molecule has 1 saturated heterocycles. The van der Waals surface area contributed by atoms with Crippen molar-refractivity contribution in [2.75, 3.05) is 29.1 Å². The molecule has 2 heterocycles. The van der Waals surface area contributed by atoms with Gasteiger partial charge in [-0.1, -0.05) is 11.3 Å². The maximum Gasteiger partial charge on any atom is 0.268 e. The lowest BCUT2D eigenvalue weighted by atomic mass is 10.3. The van der Waals surface area contributed by atoms with Gasteiger partial charge in [0, 0.05) is 18.6 Å². The van der Waals surface area contributed by atoms with Crippen molar-refractivity contribution in [2.24, 2.45) is 0 Å². The lowest BCUT2D eigenvalue weighted by Crippen LogP contribution is -2.49. The fraction of sp³-hybridized carbons (Fsp3) is 0.667. The zero-order valence-corrected chi connectivity index (χ0v) is 13.3. The zero-order chi connectivity index (χ0) is 15.2. The first-order valence-electron chi connectivity index (χ1n) is 6.90. The van der Waals surface area contributed by atoms with Gasteiger partial charge >= 0.3 is 0 Å². The number of nitrogens with two attached hydrogens (primary N) is 1. The molecule has 9 heteroatoms. The van der Waals surface area contributed by atoms with Crippen LogP contribution in [0.15, 0.2) is 0 Å². The summed E-state index contributed by atoms with van der Waals surface area (Å²) < 4.78 is 23.2. The molecule has 21 heavy (non-hydrogen) atoms. The van der Waals surface area contributed by atoms with Crippen LogP contribution in [-0.2, 0) is 9.84 Å². The van der Waals surface area contributed by atoms with Gasteiger partial charge in [-0.05, 0) is 19.8 Å². The maximum absolute atomic E-state index is 12.6. The Morgan fingerprint density at radius 3 is 2.81 bits per heavy atom. The van der Waals surface area contributed by atoms with Crippen LogP contribution in [0.4, 0.5) is 10.9 Å². The van der Waals surface area contributed by atoms with Crippen molar-refractivity contribution in [1.82, 2.24) is 9.88 Å². The van der Waals surface area contributed by atoms with Gasteiger partial charge in [-0.2, -0.15) is 0 Å². The monoisotopic (exact) mass is 330 g/mol. The van der Waals surface area contributed by atoms with Crippen molar-refractivity contribution >= 4 is 38.0 Å². The molecular weight excluding hydrogens is 312 g/mol. The number of nitrogens with one attached hydrogen (secondary N) is 1. The number of nitrogens with zero attached hydrogens (tertiary/aromatic N) is 2. The molecule has 0 aromatic carbocycles. The molecule has 1 aliphatic heterocycles. The number of rotatable bonds is 3. The van der Waals surface area contributed by atoms with Crippen molar-refractivity contribution in [3.8, 4) is 0 Å². The highest BCUT2D eigenvalue weighted by molar-refractivity contribution is 7.91. The molecule has 1 aromatic heterocycles. The molecule has 3 rings (SSSR count). The highest BCUT2D eigenvalue weighted by Gasteiger charge is 2.34. The first kappa shape index (κ1) is 14.6. The fourth-order valence-electron chi connectivity index (χ4n) is 2.38. The van der Waals surface area contributed by atoms with Crippen LogP contribution in [0, 0.1) is 0 Å². The molecule has 2 aliphatic rings. The van der Waals surface area contributed by atoms with Gasteiger partial charge in [-0.15, -0.1) is 0 Å². The number of thiazole rings is 1. The summed E-state index contributed by atoms with van der Waals surface area (Å²) >= 11 is 1.24. The van der Waals surface area contributed by atoms with Gasteiger partial charge in [0.15, 0.2) is 15.0 Å². The third-order valence-corrected chi connectivity index (χ3v) is 6.47. The van der Waals surface area contributed by atoms with E-state index < -0.39 is 9.84 Å². The largest absolute Gasteiger partial charge is 0.382 e. The Morgan fingerprint density at radius 1 is 1.48 bits per heavy atom. The van der Waals surface area contributed by atoms with Crippen LogP contribution in [0.5, 0.6) is 0 Å².